The molecular formula is C35H68N2. The lowest BCUT2D eigenvalue weighted by Gasteiger charge is -2.03. The minimum Gasteiger partial charge on any atom is -0.282 e. The Morgan fingerprint density at radius 3 is 1.05 bits per heavy atom. The lowest BCUT2D eigenvalue weighted by Crippen LogP contribution is -1.87. The third-order valence-corrected chi connectivity index (χ3v) is 8.27. The summed E-state index contributed by atoms with van der Waals surface area (Å²) in [5.74, 6) is 0. The van der Waals surface area contributed by atoms with Crippen LogP contribution in [0.15, 0.2) is 6.07 Å². The summed E-state index contributed by atoms with van der Waals surface area (Å²) in [7, 11) is 0. The predicted molar refractivity (Wildman–Crippen MR) is 167 cm³/mol. The second kappa shape index (κ2) is 28.2. The number of hydrogen-bond donors (Lipinski definition) is 1. The van der Waals surface area contributed by atoms with Crippen molar-refractivity contribution in [2.45, 2.75) is 206 Å². The average molecular weight is 517 g/mol. The van der Waals surface area contributed by atoms with Crippen LogP contribution in [-0.4, -0.2) is 10.2 Å². The van der Waals surface area contributed by atoms with E-state index in [2.05, 4.69) is 30.1 Å². The van der Waals surface area contributed by atoms with Gasteiger partial charge in [0.1, 0.15) is 0 Å². The van der Waals surface area contributed by atoms with E-state index in [1.807, 2.05) is 0 Å². The van der Waals surface area contributed by atoms with Crippen molar-refractivity contribution in [3.63, 3.8) is 0 Å². The molecule has 2 nitrogen and oxygen atoms in total. The normalized spacial score (nSPS) is 11.5. The second-order valence-electron chi connectivity index (χ2n) is 12.1. The van der Waals surface area contributed by atoms with Gasteiger partial charge in [0, 0.05) is 5.69 Å². The second-order valence-corrected chi connectivity index (χ2v) is 12.1. The summed E-state index contributed by atoms with van der Waals surface area (Å²) in [5.41, 5.74) is 2.65. The first-order chi connectivity index (χ1) is 18.4. The SMILES string of the molecule is CCCCCCCCCCCCCCCCc1cc(CCCCCCCCCCCCCCCC)[nH]n1. The smallest absolute Gasteiger partial charge is 0.0625 e. The van der Waals surface area contributed by atoms with Gasteiger partial charge in [-0.2, -0.15) is 5.10 Å². The molecule has 218 valence electrons. The van der Waals surface area contributed by atoms with E-state index in [0.717, 1.165) is 6.42 Å². The Morgan fingerprint density at radius 2 is 0.703 bits per heavy atom. The van der Waals surface area contributed by atoms with Crippen LogP contribution in [0.25, 0.3) is 0 Å². The molecule has 0 fully saturated rings. The number of aromatic amines is 1. The quantitative estimate of drug-likeness (QED) is 0.101. The Labute approximate surface area is 234 Å². The Hall–Kier alpha value is -0.790. The van der Waals surface area contributed by atoms with Crippen molar-refractivity contribution in [1.29, 1.82) is 0 Å². The van der Waals surface area contributed by atoms with Crippen molar-refractivity contribution in [3.05, 3.63) is 17.5 Å². The number of hydrogen-bond acceptors (Lipinski definition) is 1. The highest BCUT2D eigenvalue weighted by atomic mass is 15.1. The summed E-state index contributed by atoms with van der Waals surface area (Å²) in [4.78, 5) is 0. The largest absolute Gasteiger partial charge is 0.282 e. The van der Waals surface area contributed by atoms with Crippen LogP contribution in [0.1, 0.15) is 205 Å². The summed E-state index contributed by atoms with van der Waals surface area (Å²) in [6, 6.07) is 2.34. The molecule has 0 saturated heterocycles. The molecule has 1 rings (SSSR count). The van der Waals surface area contributed by atoms with Gasteiger partial charge in [0.05, 0.1) is 5.69 Å². The molecule has 1 aromatic rings. The minimum atomic E-state index is 1.16. The standard InChI is InChI=1S/C35H68N2/c1-3-5-7-9-11-13-15-17-19-21-23-25-27-29-31-34-33-35(37-36-34)32-30-28-26-24-22-20-18-16-14-12-10-8-6-4-2/h33H,3-32H2,1-2H3,(H,36,37). The molecule has 0 aliphatic heterocycles. The third kappa shape index (κ3) is 24.0. The van der Waals surface area contributed by atoms with E-state index in [1.54, 1.807) is 0 Å². The van der Waals surface area contributed by atoms with Crippen LogP contribution in [-0.2, 0) is 12.8 Å². The summed E-state index contributed by atoms with van der Waals surface area (Å²) in [6.07, 6.45) is 42.4. The van der Waals surface area contributed by atoms with Gasteiger partial charge in [-0.3, -0.25) is 5.10 Å². The molecule has 1 aromatic heterocycles. The molecule has 0 amide bonds. The van der Waals surface area contributed by atoms with Crippen LogP contribution in [0.3, 0.4) is 0 Å². The zero-order valence-electron chi connectivity index (χ0n) is 25.7. The number of nitrogens with zero attached hydrogens (tertiary/aromatic N) is 1. The van der Waals surface area contributed by atoms with E-state index < -0.39 is 0 Å². The Morgan fingerprint density at radius 1 is 0.405 bits per heavy atom. The minimum absolute atomic E-state index is 1.16. The van der Waals surface area contributed by atoms with Crippen LogP contribution in [0, 0.1) is 0 Å². The van der Waals surface area contributed by atoms with E-state index in [-0.39, 0.29) is 0 Å². The summed E-state index contributed by atoms with van der Waals surface area (Å²) in [6.45, 7) is 4.60. The van der Waals surface area contributed by atoms with Gasteiger partial charge in [0.2, 0.25) is 0 Å². The predicted octanol–water partition coefficient (Wildman–Crippen LogP) is 12.5. The molecule has 1 heterocycles. The van der Waals surface area contributed by atoms with Gasteiger partial charge in [-0.05, 0) is 31.7 Å². The monoisotopic (exact) mass is 517 g/mol. The number of nitrogens with one attached hydrogen (secondary N) is 1. The Kier molecular flexibility index (Phi) is 26.1. The molecule has 0 aliphatic carbocycles. The van der Waals surface area contributed by atoms with E-state index in [9.17, 15) is 0 Å². The van der Waals surface area contributed by atoms with Gasteiger partial charge < -0.3 is 0 Å². The molecule has 1 N–H and O–H groups in total. The van der Waals surface area contributed by atoms with Crippen molar-refractivity contribution >= 4 is 0 Å². The van der Waals surface area contributed by atoms with Gasteiger partial charge in [0.15, 0.2) is 0 Å². The summed E-state index contributed by atoms with van der Waals surface area (Å²) < 4.78 is 0. The summed E-state index contributed by atoms with van der Waals surface area (Å²) in [5, 5.41) is 7.88. The van der Waals surface area contributed by atoms with Crippen LogP contribution >= 0.6 is 0 Å². The first-order valence-corrected chi connectivity index (χ1v) is 17.4. The molecule has 37 heavy (non-hydrogen) atoms. The maximum absolute atomic E-state index is 4.57. The lowest BCUT2D eigenvalue weighted by molar-refractivity contribution is 0.535. The lowest BCUT2D eigenvalue weighted by atomic mass is 10.0. The summed E-state index contributed by atoms with van der Waals surface area (Å²) >= 11 is 0. The Balaban J connectivity index is 1.81. The first-order valence-electron chi connectivity index (χ1n) is 17.4. The third-order valence-electron chi connectivity index (χ3n) is 8.27. The van der Waals surface area contributed by atoms with Gasteiger partial charge in [0.25, 0.3) is 0 Å². The fraction of sp³-hybridized carbons (Fsp3) is 0.914. The molecule has 0 spiro atoms. The number of unbranched alkanes of at least 4 members (excludes halogenated alkanes) is 26. The van der Waals surface area contributed by atoms with E-state index in [0.29, 0.717) is 0 Å². The highest BCUT2D eigenvalue weighted by molar-refractivity contribution is 5.08. The van der Waals surface area contributed by atoms with E-state index in [4.69, 9.17) is 0 Å². The van der Waals surface area contributed by atoms with Crippen LogP contribution in [0.4, 0.5) is 0 Å². The van der Waals surface area contributed by atoms with Crippen molar-refractivity contribution in [1.82, 2.24) is 10.2 Å². The van der Waals surface area contributed by atoms with Gasteiger partial charge in [-0.25, -0.2) is 0 Å². The zero-order chi connectivity index (χ0) is 26.5. The van der Waals surface area contributed by atoms with Crippen molar-refractivity contribution in [2.75, 3.05) is 0 Å². The van der Waals surface area contributed by atoms with Crippen LogP contribution in [0.2, 0.25) is 0 Å². The van der Waals surface area contributed by atoms with E-state index in [1.165, 1.54) is 198 Å². The van der Waals surface area contributed by atoms with Crippen molar-refractivity contribution in [2.24, 2.45) is 0 Å². The molecule has 0 aromatic carbocycles. The molecule has 0 saturated carbocycles. The van der Waals surface area contributed by atoms with Crippen LogP contribution in [0.5, 0.6) is 0 Å². The van der Waals surface area contributed by atoms with Crippen molar-refractivity contribution in [3.8, 4) is 0 Å². The van der Waals surface area contributed by atoms with Gasteiger partial charge in [-0.15, -0.1) is 0 Å². The maximum Gasteiger partial charge on any atom is 0.0625 e. The van der Waals surface area contributed by atoms with Gasteiger partial charge in [-0.1, -0.05) is 181 Å². The zero-order valence-corrected chi connectivity index (χ0v) is 25.7. The highest BCUT2D eigenvalue weighted by Gasteiger charge is 2.02. The number of aryl methyl sites for hydroxylation is 2. The number of rotatable bonds is 30. The molecule has 0 atom stereocenters. The Bertz CT molecular complexity index is 503. The fourth-order valence-electron chi connectivity index (χ4n) is 5.68. The molecule has 0 unspecified atom stereocenters. The maximum atomic E-state index is 4.57. The van der Waals surface area contributed by atoms with Crippen molar-refractivity contribution < 1.29 is 0 Å². The van der Waals surface area contributed by atoms with Gasteiger partial charge >= 0.3 is 0 Å². The van der Waals surface area contributed by atoms with Crippen LogP contribution < -0.4 is 0 Å². The molecule has 0 aliphatic rings. The molecule has 0 radical (unpaired) electrons. The molecule has 2 heteroatoms. The average Bonchev–Trinajstić information content (AvgIpc) is 3.36. The van der Waals surface area contributed by atoms with E-state index >= 15 is 0 Å². The first kappa shape index (κ1) is 34.2. The highest BCUT2D eigenvalue weighted by Crippen LogP contribution is 2.16. The molecule has 0 bridgehead atoms. The topological polar surface area (TPSA) is 28.7 Å². The number of aromatic nitrogens is 2. The fourth-order valence-corrected chi connectivity index (χ4v) is 5.68. The number of H-pyrrole nitrogens is 1. The molecular weight excluding hydrogens is 448 g/mol.